The Morgan fingerprint density at radius 2 is 2.11 bits per heavy atom. The number of ether oxygens (including phenoxy) is 1. The quantitative estimate of drug-likeness (QED) is 0.845. The summed E-state index contributed by atoms with van der Waals surface area (Å²) in [6.45, 7) is 11.1. The van der Waals surface area contributed by atoms with Gasteiger partial charge in [-0.25, -0.2) is 4.98 Å². The van der Waals surface area contributed by atoms with E-state index >= 15 is 0 Å². The average Bonchev–Trinajstić information content (AvgIpc) is 2.76. The summed E-state index contributed by atoms with van der Waals surface area (Å²) >= 11 is 1.69. The Hall–Kier alpha value is -0.940. The summed E-state index contributed by atoms with van der Waals surface area (Å²) in [5.74, 6) is -0.0157. The summed E-state index contributed by atoms with van der Waals surface area (Å²) in [4.78, 5) is 17.2. The number of thiazole rings is 1. The van der Waals surface area contributed by atoms with Gasteiger partial charge in [-0.3, -0.25) is 10.1 Å². The van der Waals surface area contributed by atoms with Gasteiger partial charge < -0.3 is 4.74 Å². The second-order valence-electron chi connectivity index (χ2n) is 6.01. The summed E-state index contributed by atoms with van der Waals surface area (Å²) in [7, 11) is 1.42. The highest BCUT2D eigenvalue weighted by molar-refractivity contribution is 7.11. The molecule has 0 saturated heterocycles. The van der Waals surface area contributed by atoms with E-state index in [1.807, 2.05) is 20.0 Å². The van der Waals surface area contributed by atoms with Gasteiger partial charge in [0, 0.05) is 23.0 Å². The fraction of sp³-hybridized carbons (Fsp3) is 0.714. The Balaban J connectivity index is 2.65. The first-order chi connectivity index (χ1) is 8.75. The topological polar surface area (TPSA) is 51.2 Å². The van der Waals surface area contributed by atoms with Gasteiger partial charge in [0.1, 0.15) is 6.04 Å². The first-order valence-corrected chi connectivity index (χ1v) is 7.33. The minimum Gasteiger partial charge on any atom is -0.468 e. The summed E-state index contributed by atoms with van der Waals surface area (Å²) in [5.41, 5.74) is 0.0721. The molecule has 0 aliphatic carbocycles. The van der Waals surface area contributed by atoms with E-state index in [0.29, 0.717) is 6.54 Å². The number of methoxy groups -OCH3 is 1. The minimum atomic E-state index is -0.273. The van der Waals surface area contributed by atoms with Crippen LogP contribution in [-0.4, -0.2) is 24.1 Å². The first-order valence-electron chi connectivity index (χ1n) is 6.52. The Morgan fingerprint density at radius 3 is 2.53 bits per heavy atom. The monoisotopic (exact) mass is 284 g/mol. The number of carbonyl (C=O) groups is 1. The molecule has 1 atom stereocenters. The molecule has 1 N–H and O–H groups in total. The van der Waals surface area contributed by atoms with Crippen molar-refractivity contribution in [2.75, 3.05) is 7.11 Å². The molecule has 0 fully saturated rings. The van der Waals surface area contributed by atoms with Crippen molar-refractivity contribution in [3.8, 4) is 0 Å². The predicted molar refractivity (Wildman–Crippen MR) is 78.3 cm³/mol. The van der Waals surface area contributed by atoms with E-state index in [-0.39, 0.29) is 23.3 Å². The van der Waals surface area contributed by atoms with Crippen LogP contribution >= 0.6 is 11.3 Å². The molecule has 108 valence electrons. The second kappa shape index (κ2) is 6.48. The fourth-order valence-electron chi connectivity index (χ4n) is 1.66. The highest BCUT2D eigenvalue weighted by Crippen LogP contribution is 2.26. The smallest absolute Gasteiger partial charge is 0.323 e. The maximum Gasteiger partial charge on any atom is 0.323 e. The van der Waals surface area contributed by atoms with Gasteiger partial charge >= 0.3 is 5.97 Å². The summed E-state index contributed by atoms with van der Waals surface area (Å²) in [5, 5.41) is 4.36. The third-order valence-electron chi connectivity index (χ3n) is 2.81. The van der Waals surface area contributed by atoms with Gasteiger partial charge in [0.25, 0.3) is 0 Å². The molecule has 0 bridgehead atoms. The van der Waals surface area contributed by atoms with Crippen molar-refractivity contribution in [3.63, 3.8) is 0 Å². The molecule has 0 unspecified atom stereocenters. The number of nitrogens with zero attached hydrogens (tertiary/aromatic N) is 1. The third kappa shape index (κ3) is 4.58. The molecule has 0 aliphatic rings. The highest BCUT2D eigenvalue weighted by atomic mass is 32.1. The Bertz CT molecular complexity index is 421. The summed E-state index contributed by atoms with van der Waals surface area (Å²) < 4.78 is 4.81. The molecule has 19 heavy (non-hydrogen) atoms. The van der Waals surface area contributed by atoms with E-state index in [1.165, 1.54) is 7.11 Å². The molecule has 4 nitrogen and oxygen atoms in total. The van der Waals surface area contributed by atoms with Crippen LogP contribution in [0.15, 0.2) is 6.20 Å². The number of nitrogens with one attached hydrogen (secondary N) is 1. The zero-order valence-corrected chi connectivity index (χ0v) is 13.4. The van der Waals surface area contributed by atoms with Gasteiger partial charge in [0.15, 0.2) is 0 Å². The molecule has 1 rings (SSSR count). The molecule has 0 amide bonds. The maximum absolute atomic E-state index is 11.6. The standard InChI is InChI=1S/C14H24N2O2S/c1-9(2)11(12(17)18-6)15-7-10-8-16-13(19-10)14(3,4)5/h8-9,11,15H,7H2,1-6H3/t11-/m0/s1. The summed E-state index contributed by atoms with van der Waals surface area (Å²) in [6, 6.07) is -0.273. The van der Waals surface area contributed by atoms with Crippen molar-refractivity contribution in [1.29, 1.82) is 0 Å². The van der Waals surface area contributed by atoms with Crippen LogP contribution in [0.1, 0.15) is 44.5 Å². The lowest BCUT2D eigenvalue weighted by Gasteiger charge is -2.19. The van der Waals surface area contributed by atoms with Crippen LogP contribution in [0.25, 0.3) is 0 Å². The number of esters is 1. The zero-order chi connectivity index (χ0) is 14.6. The summed E-state index contributed by atoms with van der Waals surface area (Å²) in [6.07, 6.45) is 1.88. The van der Waals surface area contributed by atoms with Crippen molar-refractivity contribution in [2.24, 2.45) is 5.92 Å². The molecule has 1 heterocycles. The van der Waals surface area contributed by atoms with E-state index in [9.17, 15) is 4.79 Å². The largest absolute Gasteiger partial charge is 0.468 e. The Kier molecular flexibility index (Phi) is 5.50. The fourth-order valence-corrected chi connectivity index (χ4v) is 2.59. The molecule has 0 radical (unpaired) electrons. The Labute approximate surface area is 119 Å². The van der Waals surface area contributed by atoms with Crippen LogP contribution < -0.4 is 5.32 Å². The van der Waals surface area contributed by atoms with Crippen LogP contribution in [0.3, 0.4) is 0 Å². The SMILES string of the molecule is COC(=O)[C@@H](NCc1cnc(C(C)(C)C)s1)C(C)C. The lowest BCUT2D eigenvalue weighted by Crippen LogP contribution is -2.41. The number of rotatable bonds is 5. The minimum absolute atomic E-state index is 0.0721. The van der Waals surface area contributed by atoms with Crippen molar-refractivity contribution in [3.05, 3.63) is 16.1 Å². The van der Waals surface area contributed by atoms with E-state index < -0.39 is 0 Å². The molecule has 0 aromatic carbocycles. The molecular weight excluding hydrogens is 260 g/mol. The van der Waals surface area contributed by atoms with E-state index in [2.05, 4.69) is 31.1 Å². The lowest BCUT2D eigenvalue weighted by molar-refractivity contribution is -0.144. The van der Waals surface area contributed by atoms with Gasteiger partial charge in [0.2, 0.25) is 0 Å². The molecule has 5 heteroatoms. The van der Waals surface area contributed by atoms with Crippen molar-refractivity contribution >= 4 is 17.3 Å². The van der Waals surface area contributed by atoms with E-state index in [1.54, 1.807) is 11.3 Å². The van der Waals surface area contributed by atoms with Crippen LogP contribution in [-0.2, 0) is 21.5 Å². The average molecular weight is 284 g/mol. The van der Waals surface area contributed by atoms with Crippen molar-refractivity contribution in [1.82, 2.24) is 10.3 Å². The van der Waals surface area contributed by atoms with Gasteiger partial charge in [-0.2, -0.15) is 0 Å². The van der Waals surface area contributed by atoms with E-state index in [4.69, 9.17) is 4.74 Å². The molecule has 1 aromatic heterocycles. The molecule has 0 saturated carbocycles. The molecular formula is C14H24N2O2S. The van der Waals surface area contributed by atoms with Gasteiger partial charge in [0.05, 0.1) is 12.1 Å². The van der Waals surface area contributed by atoms with E-state index in [0.717, 1.165) is 9.88 Å². The molecule has 0 spiro atoms. The molecule has 0 aliphatic heterocycles. The van der Waals surface area contributed by atoms with Crippen molar-refractivity contribution in [2.45, 2.75) is 52.6 Å². The Morgan fingerprint density at radius 1 is 1.47 bits per heavy atom. The second-order valence-corrected chi connectivity index (χ2v) is 7.12. The van der Waals surface area contributed by atoms with Crippen LogP contribution in [0.2, 0.25) is 0 Å². The zero-order valence-electron chi connectivity index (χ0n) is 12.6. The lowest BCUT2D eigenvalue weighted by atomic mass is 9.98. The van der Waals surface area contributed by atoms with Crippen LogP contribution in [0.5, 0.6) is 0 Å². The normalized spacial score (nSPS) is 13.6. The first kappa shape index (κ1) is 16.1. The highest BCUT2D eigenvalue weighted by Gasteiger charge is 2.23. The van der Waals surface area contributed by atoms with Crippen LogP contribution in [0.4, 0.5) is 0 Å². The van der Waals surface area contributed by atoms with Gasteiger partial charge in [-0.05, 0) is 5.92 Å². The maximum atomic E-state index is 11.6. The number of hydrogen-bond donors (Lipinski definition) is 1. The predicted octanol–water partition coefficient (Wildman–Crippen LogP) is 2.73. The third-order valence-corrected chi connectivity index (χ3v) is 4.24. The number of carbonyl (C=O) groups excluding carboxylic acids is 1. The van der Waals surface area contributed by atoms with Gasteiger partial charge in [-0.15, -0.1) is 11.3 Å². The number of aromatic nitrogens is 1. The van der Waals surface area contributed by atoms with Crippen molar-refractivity contribution < 1.29 is 9.53 Å². The van der Waals surface area contributed by atoms with Crippen LogP contribution in [0, 0.1) is 5.92 Å². The molecule has 1 aromatic rings. The van der Waals surface area contributed by atoms with Gasteiger partial charge in [-0.1, -0.05) is 34.6 Å². The number of hydrogen-bond acceptors (Lipinski definition) is 5.